The van der Waals surface area contributed by atoms with Crippen LogP contribution in [-0.2, 0) is 18.7 Å². The summed E-state index contributed by atoms with van der Waals surface area (Å²) in [5.41, 5.74) is 0. The first-order valence-corrected chi connectivity index (χ1v) is 4.10. The zero-order valence-corrected chi connectivity index (χ0v) is 7.91. The van der Waals surface area contributed by atoms with E-state index in [-0.39, 0.29) is 13.0 Å². The van der Waals surface area contributed by atoms with E-state index in [1.54, 1.807) is 0 Å². The standard InChI is InChI=1S/C6H7F2O5Si/c7-6(8)11-2-3(12-6)1-4(13-14)5(9)10/h3-4H,1-2H2,(H,9,10). The molecule has 1 fully saturated rings. The topological polar surface area (TPSA) is 65.0 Å². The van der Waals surface area contributed by atoms with Crippen LogP contribution in [0, 0.1) is 0 Å². The number of ether oxygens (including phenoxy) is 2. The van der Waals surface area contributed by atoms with Gasteiger partial charge in [0, 0.05) is 6.42 Å². The summed E-state index contributed by atoms with van der Waals surface area (Å²) in [5, 5.41) is 8.52. The molecule has 1 aliphatic heterocycles. The van der Waals surface area contributed by atoms with Crippen LogP contribution >= 0.6 is 0 Å². The van der Waals surface area contributed by atoms with E-state index >= 15 is 0 Å². The molecule has 14 heavy (non-hydrogen) atoms. The lowest BCUT2D eigenvalue weighted by molar-refractivity contribution is -0.346. The summed E-state index contributed by atoms with van der Waals surface area (Å²) in [6.45, 7) is -0.355. The number of carboxylic acid groups (broad SMARTS) is 1. The van der Waals surface area contributed by atoms with Gasteiger partial charge in [0.1, 0.15) is 6.10 Å². The fourth-order valence-electron chi connectivity index (χ4n) is 1.01. The van der Waals surface area contributed by atoms with Crippen LogP contribution in [0.25, 0.3) is 0 Å². The number of alkyl halides is 2. The molecular weight excluding hydrogens is 218 g/mol. The predicted molar refractivity (Wildman–Crippen MR) is 38.7 cm³/mol. The molecule has 79 valence electrons. The van der Waals surface area contributed by atoms with Crippen molar-refractivity contribution < 1.29 is 32.6 Å². The monoisotopic (exact) mass is 225 g/mol. The molecule has 1 heterocycles. The lowest BCUT2D eigenvalue weighted by atomic mass is 10.2. The van der Waals surface area contributed by atoms with Gasteiger partial charge in [-0.05, 0) is 0 Å². The highest BCUT2D eigenvalue weighted by atomic mass is 28.2. The van der Waals surface area contributed by atoms with Gasteiger partial charge in [0.2, 0.25) is 10.5 Å². The zero-order chi connectivity index (χ0) is 10.8. The van der Waals surface area contributed by atoms with E-state index in [1.807, 2.05) is 0 Å². The van der Waals surface area contributed by atoms with Crippen molar-refractivity contribution >= 4 is 16.5 Å². The average molecular weight is 225 g/mol. The van der Waals surface area contributed by atoms with Crippen molar-refractivity contribution in [3.8, 4) is 0 Å². The molecule has 1 N–H and O–H groups in total. The first-order chi connectivity index (χ1) is 6.44. The maximum Gasteiger partial charge on any atom is 0.485 e. The first-order valence-electron chi connectivity index (χ1n) is 3.69. The van der Waals surface area contributed by atoms with Gasteiger partial charge in [-0.15, -0.1) is 8.78 Å². The molecule has 0 aliphatic carbocycles. The van der Waals surface area contributed by atoms with Crippen molar-refractivity contribution in [1.82, 2.24) is 0 Å². The number of carbonyl (C=O) groups is 1. The van der Waals surface area contributed by atoms with Gasteiger partial charge < -0.3 is 9.53 Å². The summed E-state index contributed by atoms with van der Waals surface area (Å²) in [6, 6.07) is 0. The quantitative estimate of drug-likeness (QED) is 0.676. The van der Waals surface area contributed by atoms with Gasteiger partial charge in [0.15, 0.2) is 0 Å². The summed E-state index contributed by atoms with van der Waals surface area (Å²) in [7, 11) is 2.54. The minimum atomic E-state index is -3.63. The fraction of sp³-hybridized carbons (Fsp3) is 0.833. The molecule has 5 nitrogen and oxygen atoms in total. The molecule has 3 radical (unpaired) electrons. The second-order valence-corrected chi connectivity index (χ2v) is 2.93. The van der Waals surface area contributed by atoms with E-state index in [1.165, 1.54) is 0 Å². The number of halogens is 2. The van der Waals surface area contributed by atoms with Crippen molar-refractivity contribution in [2.45, 2.75) is 24.9 Å². The van der Waals surface area contributed by atoms with Gasteiger partial charge >= 0.3 is 12.3 Å². The largest absolute Gasteiger partial charge is 0.485 e. The van der Waals surface area contributed by atoms with Crippen LogP contribution in [0.1, 0.15) is 6.42 Å². The number of aliphatic carboxylic acids is 1. The molecule has 2 unspecified atom stereocenters. The fourth-order valence-corrected chi connectivity index (χ4v) is 1.20. The molecule has 0 saturated carbocycles. The molecule has 8 heteroatoms. The molecule has 1 saturated heterocycles. The maximum atomic E-state index is 12.3. The zero-order valence-electron chi connectivity index (χ0n) is 6.91. The summed E-state index contributed by atoms with van der Waals surface area (Å²) < 4.78 is 37.0. The molecular formula is C6H7F2O5Si. The molecule has 0 amide bonds. The molecule has 1 rings (SSSR count). The van der Waals surface area contributed by atoms with Gasteiger partial charge in [-0.3, -0.25) is 9.47 Å². The van der Waals surface area contributed by atoms with Crippen LogP contribution in [-0.4, -0.2) is 46.7 Å². The Hall–Kier alpha value is -0.573. The van der Waals surface area contributed by atoms with Crippen LogP contribution in [0.4, 0.5) is 8.78 Å². The Morgan fingerprint density at radius 1 is 1.79 bits per heavy atom. The Morgan fingerprint density at radius 2 is 2.43 bits per heavy atom. The Labute approximate surface area is 81.5 Å². The van der Waals surface area contributed by atoms with Crippen LogP contribution in [0.5, 0.6) is 0 Å². The molecule has 0 bridgehead atoms. The van der Waals surface area contributed by atoms with Crippen molar-refractivity contribution in [2.75, 3.05) is 6.61 Å². The lowest BCUT2D eigenvalue weighted by Crippen LogP contribution is -2.29. The van der Waals surface area contributed by atoms with Crippen LogP contribution in [0.2, 0.25) is 0 Å². The maximum absolute atomic E-state index is 12.3. The summed E-state index contributed by atoms with van der Waals surface area (Å²) >= 11 is 0. The van der Waals surface area contributed by atoms with E-state index in [4.69, 9.17) is 5.11 Å². The summed E-state index contributed by atoms with van der Waals surface area (Å²) in [5.74, 6) is -1.26. The minimum absolute atomic E-state index is 0.214. The number of hydrogen-bond acceptors (Lipinski definition) is 4. The first kappa shape index (κ1) is 11.5. The van der Waals surface area contributed by atoms with Crippen molar-refractivity contribution in [1.29, 1.82) is 0 Å². The van der Waals surface area contributed by atoms with E-state index in [9.17, 15) is 13.6 Å². The second kappa shape index (κ2) is 4.30. The number of carboxylic acids is 1. The van der Waals surface area contributed by atoms with Crippen molar-refractivity contribution in [2.24, 2.45) is 0 Å². The van der Waals surface area contributed by atoms with Crippen LogP contribution in [0.15, 0.2) is 0 Å². The third-order valence-electron chi connectivity index (χ3n) is 1.64. The molecule has 1 aliphatic rings. The van der Waals surface area contributed by atoms with Gasteiger partial charge in [-0.2, -0.15) is 0 Å². The summed E-state index contributed by atoms with van der Waals surface area (Å²) in [6.07, 6.45) is -6.06. The lowest BCUT2D eigenvalue weighted by Gasteiger charge is -2.14. The third kappa shape index (κ3) is 2.98. The Kier molecular flexibility index (Phi) is 3.53. The SMILES string of the molecule is O=C(O)C(CC1COC(F)(F)O1)O[Si]. The van der Waals surface area contributed by atoms with Crippen LogP contribution < -0.4 is 0 Å². The van der Waals surface area contributed by atoms with Crippen molar-refractivity contribution in [3.63, 3.8) is 0 Å². The van der Waals surface area contributed by atoms with E-state index < -0.39 is 24.5 Å². The van der Waals surface area contributed by atoms with Gasteiger partial charge in [-0.1, -0.05) is 0 Å². The molecule has 0 spiro atoms. The van der Waals surface area contributed by atoms with E-state index in [0.717, 1.165) is 0 Å². The Morgan fingerprint density at radius 3 is 2.79 bits per heavy atom. The average Bonchev–Trinajstić information content (AvgIpc) is 2.41. The Balaban J connectivity index is 2.42. The second-order valence-electron chi connectivity index (χ2n) is 2.69. The highest BCUT2D eigenvalue weighted by Crippen LogP contribution is 2.28. The smallest absolute Gasteiger partial charge is 0.479 e. The molecule has 0 aromatic heterocycles. The van der Waals surface area contributed by atoms with Gasteiger partial charge in [0.05, 0.1) is 12.7 Å². The van der Waals surface area contributed by atoms with E-state index in [2.05, 4.69) is 24.4 Å². The number of hydrogen-bond donors (Lipinski definition) is 1. The van der Waals surface area contributed by atoms with Crippen molar-refractivity contribution in [3.05, 3.63) is 0 Å². The highest BCUT2D eigenvalue weighted by Gasteiger charge is 2.44. The van der Waals surface area contributed by atoms with Gasteiger partial charge in [-0.25, -0.2) is 4.79 Å². The van der Waals surface area contributed by atoms with Crippen LogP contribution in [0.3, 0.4) is 0 Å². The van der Waals surface area contributed by atoms with Gasteiger partial charge in [0.25, 0.3) is 0 Å². The van der Waals surface area contributed by atoms with E-state index in [0.29, 0.717) is 0 Å². The Bertz CT molecular complexity index is 224. The number of rotatable bonds is 4. The third-order valence-corrected chi connectivity index (χ3v) is 1.92. The summed E-state index contributed by atoms with van der Waals surface area (Å²) in [4.78, 5) is 10.4. The normalized spacial score (nSPS) is 27.5. The molecule has 2 atom stereocenters. The molecule has 0 aromatic carbocycles. The predicted octanol–water partition coefficient (Wildman–Crippen LogP) is -0.104. The molecule has 0 aromatic rings. The highest BCUT2D eigenvalue weighted by molar-refractivity contribution is 5.99. The minimum Gasteiger partial charge on any atom is -0.479 e.